The Hall–Kier alpha value is -1.96. The summed E-state index contributed by atoms with van der Waals surface area (Å²) in [6.07, 6.45) is -3.26. The topological polar surface area (TPSA) is 46.0 Å². The van der Waals surface area contributed by atoms with Gasteiger partial charge in [0.25, 0.3) is 5.82 Å². The monoisotopic (exact) mass is 314 g/mol. The Labute approximate surface area is 124 Å². The molecule has 21 heavy (non-hydrogen) atoms. The third-order valence-electron chi connectivity index (χ3n) is 2.94. The third-order valence-corrected chi connectivity index (χ3v) is 3.21. The van der Waals surface area contributed by atoms with Crippen molar-refractivity contribution >= 4 is 18.4 Å². The molecule has 1 heterocycles. The summed E-state index contributed by atoms with van der Waals surface area (Å²) in [5.41, 5.74) is 3.70. The molecule has 2 aromatic rings. The van der Waals surface area contributed by atoms with Crippen LogP contribution < -0.4 is 0 Å². The van der Waals surface area contributed by atoms with Crippen LogP contribution in [0.5, 0.6) is 0 Å². The lowest BCUT2D eigenvalue weighted by Crippen LogP contribution is -2.13. The van der Waals surface area contributed by atoms with Gasteiger partial charge in [-0.1, -0.05) is 17.7 Å². The van der Waals surface area contributed by atoms with Gasteiger partial charge in [0.05, 0.1) is 6.21 Å². The average molecular weight is 314 g/mol. The SMILES string of the molecule is Cc1cc(C)c(/C=N\n2c(C(F)(F)F)n[nH]c2=S)c(C)c1. The molecule has 112 valence electrons. The van der Waals surface area contributed by atoms with Crippen molar-refractivity contribution in [3.63, 3.8) is 0 Å². The summed E-state index contributed by atoms with van der Waals surface area (Å²) in [7, 11) is 0. The molecular formula is C13H13F3N4S. The summed E-state index contributed by atoms with van der Waals surface area (Å²) >= 11 is 4.77. The maximum atomic E-state index is 12.8. The summed E-state index contributed by atoms with van der Waals surface area (Å²) < 4.78 is 38.7. The summed E-state index contributed by atoms with van der Waals surface area (Å²) in [5.74, 6) is -1.17. The van der Waals surface area contributed by atoms with Crippen molar-refractivity contribution in [2.24, 2.45) is 5.10 Å². The van der Waals surface area contributed by atoms with E-state index < -0.39 is 12.0 Å². The highest BCUT2D eigenvalue weighted by molar-refractivity contribution is 7.71. The Morgan fingerprint density at radius 1 is 1.24 bits per heavy atom. The highest BCUT2D eigenvalue weighted by Gasteiger charge is 2.37. The zero-order chi connectivity index (χ0) is 15.8. The van der Waals surface area contributed by atoms with E-state index in [0.29, 0.717) is 4.68 Å². The first-order chi connectivity index (χ1) is 9.70. The number of aryl methyl sites for hydroxylation is 3. The number of nitrogens with zero attached hydrogens (tertiary/aromatic N) is 3. The lowest BCUT2D eigenvalue weighted by atomic mass is 10.0. The number of H-pyrrole nitrogens is 1. The normalized spacial score (nSPS) is 12.3. The van der Waals surface area contributed by atoms with E-state index in [4.69, 9.17) is 12.2 Å². The van der Waals surface area contributed by atoms with Gasteiger partial charge in [-0.3, -0.25) is 0 Å². The quantitative estimate of drug-likeness (QED) is 0.677. The number of rotatable bonds is 2. The zero-order valence-corrected chi connectivity index (χ0v) is 12.4. The number of aromatic amines is 1. The zero-order valence-electron chi connectivity index (χ0n) is 11.6. The number of nitrogens with one attached hydrogen (secondary N) is 1. The molecule has 1 N–H and O–H groups in total. The van der Waals surface area contributed by atoms with Crippen LogP contribution in [0, 0.1) is 25.5 Å². The van der Waals surface area contributed by atoms with Crippen molar-refractivity contribution in [3.05, 3.63) is 45.0 Å². The first-order valence-corrected chi connectivity index (χ1v) is 6.48. The minimum absolute atomic E-state index is 0.207. The average Bonchev–Trinajstić information content (AvgIpc) is 2.69. The predicted molar refractivity (Wildman–Crippen MR) is 76.1 cm³/mol. The number of hydrogen-bond donors (Lipinski definition) is 1. The van der Waals surface area contributed by atoms with Gasteiger partial charge in [0.1, 0.15) is 0 Å². The smallest absolute Gasteiger partial charge is 0.250 e. The molecule has 4 nitrogen and oxygen atoms in total. The third kappa shape index (κ3) is 3.21. The highest BCUT2D eigenvalue weighted by atomic mass is 32.1. The first kappa shape index (κ1) is 15.4. The molecule has 1 aromatic heterocycles. The molecule has 0 amide bonds. The van der Waals surface area contributed by atoms with Gasteiger partial charge < -0.3 is 0 Å². The Morgan fingerprint density at radius 3 is 2.33 bits per heavy atom. The molecular weight excluding hydrogens is 301 g/mol. The van der Waals surface area contributed by atoms with E-state index in [1.54, 1.807) is 0 Å². The van der Waals surface area contributed by atoms with Gasteiger partial charge in [-0.05, 0) is 44.1 Å². The Balaban J connectivity index is 2.49. The van der Waals surface area contributed by atoms with Crippen LogP contribution in [-0.4, -0.2) is 21.1 Å². The number of benzene rings is 1. The van der Waals surface area contributed by atoms with Crippen LogP contribution in [0.2, 0.25) is 0 Å². The van der Waals surface area contributed by atoms with Crippen LogP contribution in [0.1, 0.15) is 28.1 Å². The molecule has 0 unspecified atom stereocenters. The van der Waals surface area contributed by atoms with Gasteiger partial charge in [0, 0.05) is 5.56 Å². The Bertz CT molecular complexity index is 733. The van der Waals surface area contributed by atoms with Crippen LogP contribution in [-0.2, 0) is 6.18 Å². The van der Waals surface area contributed by atoms with Gasteiger partial charge in [-0.25, -0.2) is 5.10 Å². The molecule has 0 bridgehead atoms. The summed E-state index contributed by atoms with van der Waals surface area (Å²) in [6, 6.07) is 3.88. The number of halogens is 3. The van der Waals surface area contributed by atoms with Crippen molar-refractivity contribution in [2.45, 2.75) is 26.9 Å². The molecule has 0 aliphatic heterocycles. The second-order valence-corrected chi connectivity index (χ2v) is 5.11. The lowest BCUT2D eigenvalue weighted by molar-refractivity contribution is -0.147. The largest absolute Gasteiger partial charge is 0.453 e. The van der Waals surface area contributed by atoms with Crippen LogP contribution in [0.15, 0.2) is 17.2 Å². The number of hydrogen-bond acceptors (Lipinski definition) is 3. The molecule has 0 aliphatic rings. The van der Waals surface area contributed by atoms with E-state index in [9.17, 15) is 13.2 Å². The second kappa shape index (κ2) is 5.44. The maximum Gasteiger partial charge on any atom is 0.453 e. The van der Waals surface area contributed by atoms with E-state index >= 15 is 0 Å². The first-order valence-electron chi connectivity index (χ1n) is 6.07. The number of aromatic nitrogens is 3. The fraction of sp³-hybridized carbons (Fsp3) is 0.308. The Kier molecular flexibility index (Phi) is 3.99. The van der Waals surface area contributed by atoms with Crippen LogP contribution in [0.25, 0.3) is 0 Å². The van der Waals surface area contributed by atoms with Crippen LogP contribution in [0.4, 0.5) is 13.2 Å². The molecule has 2 rings (SSSR count). The van der Waals surface area contributed by atoms with Gasteiger partial charge in [-0.15, -0.1) is 5.10 Å². The number of alkyl halides is 3. The summed E-state index contributed by atoms with van der Waals surface area (Å²) in [5, 5.41) is 9.09. The molecule has 0 saturated heterocycles. The van der Waals surface area contributed by atoms with Gasteiger partial charge in [0.15, 0.2) is 0 Å². The van der Waals surface area contributed by atoms with Crippen molar-refractivity contribution in [1.82, 2.24) is 14.9 Å². The van der Waals surface area contributed by atoms with Gasteiger partial charge >= 0.3 is 6.18 Å². The fourth-order valence-corrected chi connectivity index (χ4v) is 2.27. The second-order valence-electron chi connectivity index (χ2n) is 4.72. The van der Waals surface area contributed by atoms with E-state index in [1.165, 1.54) is 6.21 Å². The molecule has 8 heteroatoms. The van der Waals surface area contributed by atoms with Crippen LogP contribution in [0.3, 0.4) is 0 Å². The molecule has 0 radical (unpaired) electrons. The van der Waals surface area contributed by atoms with Crippen molar-refractivity contribution in [2.75, 3.05) is 0 Å². The predicted octanol–water partition coefficient (Wildman–Crippen LogP) is 3.77. The molecule has 0 spiro atoms. The van der Waals surface area contributed by atoms with Gasteiger partial charge in [-0.2, -0.15) is 22.9 Å². The lowest BCUT2D eigenvalue weighted by Gasteiger charge is -2.07. The van der Waals surface area contributed by atoms with E-state index in [0.717, 1.165) is 22.3 Å². The molecule has 0 atom stereocenters. The van der Waals surface area contributed by atoms with Crippen molar-refractivity contribution in [3.8, 4) is 0 Å². The van der Waals surface area contributed by atoms with Crippen molar-refractivity contribution < 1.29 is 13.2 Å². The van der Waals surface area contributed by atoms with E-state index in [1.807, 2.05) is 32.9 Å². The minimum Gasteiger partial charge on any atom is -0.250 e. The molecule has 0 aliphatic carbocycles. The summed E-state index contributed by atoms with van der Waals surface area (Å²) in [4.78, 5) is 0. The molecule has 1 aromatic carbocycles. The van der Waals surface area contributed by atoms with Crippen molar-refractivity contribution in [1.29, 1.82) is 0 Å². The molecule has 0 fully saturated rings. The van der Waals surface area contributed by atoms with E-state index in [2.05, 4.69) is 15.3 Å². The molecule has 0 saturated carbocycles. The Morgan fingerprint density at radius 2 is 1.81 bits per heavy atom. The fourth-order valence-electron chi connectivity index (χ4n) is 2.09. The van der Waals surface area contributed by atoms with E-state index in [-0.39, 0.29) is 4.77 Å². The van der Waals surface area contributed by atoms with Gasteiger partial charge in [0.2, 0.25) is 4.77 Å². The minimum atomic E-state index is -4.62. The van der Waals surface area contributed by atoms with Crippen LogP contribution >= 0.6 is 12.2 Å². The highest BCUT2D eigenvalue weighted by Crippen LogP contribution is 2.27. The summed E-state index contributed by atoms with van der Waals surface area (Å²) in [6.45, 7) is 5.70. The maximum absolute atomic E-state index is 12.8. The standard InChI is InChI=1S/C13H13F3N4S/c1-7-4-8(2)10(9(3)5-7)6-17-20-11(13(14,15)16)18-19-12(20)21/h4-6H,1-3H3,(H,19,21)/b17-6-.